The normalized spacial score (nSPS) is 10.2. The van der Waals surface area contributed by atoms with Gasteiger partial charge in [-0.1, -0.05) is 29.8 Å². The summed E-state index contributed by atoms with van der Waals surface area (Å²) < 4.78 is 0. The average Bonchev–Trinajstić information content (AvgIpc) is 2.52. The Labute approximate surface area is 136 Å². The van der Waals surface area contributed by atoms with Gasteiger partial charge in [0.15, 0.2) is 0 Å². The van der Waals surface area contributed by atoms with Gasteiger partial charge in [0, 0.05) is 28.3 Å². The molecule has 2 aromatic carbocycles. The van der Waals surface area contributed by atoms with Crippen LogP contribution in [0.2, 0.25) is 5.02 Å². The first-order valence-corrected chi connectivity index (χ1v) is 7.84. The van der Waals surface area contributed by atoms with E-state index in [0.717, 1.165) is 4.90 Å². The largest absolute Gasteiger partial charge is 0.351 e. The highest BCUT2D eigenvalue weighted by Crippen LogP contribution is 2.22. The molecule has 0 aliphatic heterocycles. The van der Waals surface area contributed by atoms with Crippen LogP contribution in [0.25, 0.3) is 0 Å². The highest BCUT2D eigenvalue weighted by atomic mass is 35.5. The van der Waals surface area contributed by atoms with Gasteiger partial charge >= 0.3 is 0 Å². The van der Waals surface area contributed by atoms with Crippen LogP contribution in [0.4, 0.5) is 5.69 Å². The fourth-order valence-electron chi connectivity index (χ4n) is 1.79. The van der Waals surface area contributed by atoms with Crippen LogP contribution in [0.1, 0.15) is 10.4 Å². The van der Waals surface area contributed by atoms with Crippen molar-refractivity contribution in [1.29, 1.82) is 0 Å². The predicted octanol–water partition coefficient (Wildman–Crippen LogP) is 3.77. The topological polar surface area (TPSA) is 72.2 Å². The number of amides is 1. The molecule has 0 aromatic heterocycles. The summed E-state index contributed by atoms with van der Waals surface area (Å²) in [5.74, 6) is 0.173. The molecule has 22 heavy (non-hydrogen) atoms. The van der Waals surface area contributed by atoms with Gasteiger partial charge in [-0.3, -0.25) is 14.9 Å². The average molecular weight is 337 g/mol. The number of carbonyl (C=O) groups is 1. The van der Waals surface area contributed by atoms with E-state index in [1.54, 1.807) is 11.8 Å². The number of nitro benzene ring substituents is 1. The van der Waals surface area contributed by atoms with Gasteiger partial charge in [0.2, 0.25) is 0 Å². The molecule has 0 radical (unpaired) electrons. The van der Waals surface area contributed by atoms with Crippen LogP contribution in [0, 0.1) is 10.1 Å². The van der Waals surface area contributed by atoms with Crippen molar-refractivity contribution >= 4 is 35.0 Å². The highest BCUT2D eigenvalue weighted by Gasteiger charge is 2.20. The van der Waals surface area contributed by atoms with Crippen molar-refractivity contribution in [3.8, 4) is 0 Å². The molecular formula is C15H13ClN2O3S. The van der Waals surface area contributed by atoms with Crippen molar-refractivity contribution in [2.45, 2.75) is 4.90 Å². The second kappa shape index (κ2) is 7.82. The van der Waals surface area contributed by atoms with E-state index in [1.807, 2.05) is 30.3 Å². The van der Waals surface area contributed by atoms with Crippen molar-refractivity contribution in [1.82, 2.24) is 5.32 Å². The van der Waals surface area contributed by atoms with Gasteiger partial charge < -0.3 is 5.32 Å². The molecule has 0 aliphatic carbocycles. The zero-order valence-electron chi connectivity index (χ0n) is 11.5. The van der Waals surface area contributed by atoms with Crippen molar-refractivity contribution in [3.63, 3.8) is 0 Å². The van der Waals surface area contributed by atoms with Gasteiger partial charge in [-0.05, 0) is 24.3 Å². The number of benzene rings is 2. The van der Waals surface area contributed by atoms with Crippen LogP contribution >= 0.6 is 23.4 Å². The van der Waals surface area contributed by atoms with Crippen molar-refractivity contribution in [2.75, 3.05) is 12.3 Å². The van der Waals surface area contributed by atoms with Crippen LogP contribution in [0.5, 0.6) is 0 Å². The Bertz CT molecular complexity index is 680. The fourth-order valence-corrected chi connectivity index (χ4v) is 2.76. The fraction of sp³-hybridized carbons (Fsp3) is 0.133. The third-order valence-electron chi connectivity index (χ3n) is 2.80. The van der Waals surface area contributed by atoms with Crippen molar-refractivity contribution in [3.05, 3.63) is 69.2 Å². The molecule has 7 heteroatoms. The molecule has 2 rings (SSSR count). The number of nitro groups is 1. The SMILES string of the molecule is O=C(NCCSc1ccccc1)c1cc(Cl)ccc1[N+](=O)[O-]. The highest BCUT2D eigenvalue weighted by molar-refractivity contribution is 7.99. The first-order valence-electron chi connectivity index (χ1n) is 6.48. The molecular weight excluding hydrogens is 324 g/mol. The van der Waals surface area contributed by atoms with Gasteiger partial charge in [0.05, 0.1) is 4.92 Å². The van der Waals surface area contributed by atoms with Crippen molar-refractivity contribution < 1.29 is 9.72 Å². The molecule has 1 N–H and O–H groups in total. The number of hydrogen-bond acceptors (Lipinski definition) is 4. The Morgan fingerprint density at radius 3 is 2.64 bits per heavy atom. The maximum atomic E-state index is 12.1. The van der Waals surface area contributed by atoms with Gasteiger partial charge in [0.1, 0.15) is 5.56 Å². The Morgan fingerprint density at radius 1 is 1.23 bits per heavy atom. The van der Waals surface area contributed by atoms with E-state index in [1.165, 1.54) is 18.2 Å². The molecule has 0 aliphatic rings. The molecule has 0 saturated carbocycles. The zero-order valence-corrected chi connectivity index (χ0v) is 13.1. The van der Waals surface area contributed by atoms with Gasteiger partial charge in [-0.15, -0.1) is 11.8 Å². The van der Waals surface area contributed by atoms with Crippen LogP contribution < -0.4 is 5.32 Å². The third-order valence-corrected chi connectivity index (χ3v) is 4.05. The van der Waals surface area contributed by atoms with E-state index < -0.39 is 10.8 Å². The Hall–Kier alpha value is -2.05. The Kier molecular flexibility index (Phi) is 5.80. The molecule has 0 atom stereocenters. The van der Waals surface area contributed by atoms with E-state index in [9.17, 15) is 14.9 Å². The van der Waals surface area contributed by atoms with Crippen LogP contribution in [-0.4, -0.2) is 23.1 Å². The second-order valence-electron chi connectivity index (χ2n) is 4.34. The summed E-state index contributed by atoms with van der Waals surface area (Å²) in [6.45, 7) is 0.405. The number of nitrogens with one attached hydrogen (secondary N) is 1. The van der Waals surface area contributed by atoms with E-state index >= 15 is 0 Å². The van der Waals surface area contributed by atoms with E-state index in [0.29, 0.717) is 12.3 Å². The molecule has 2 aromatic rings. The molecule has 1 amide bonds. The lowest BCUT2D eigenvalue weighted by atomic mass is 10.1. The van der Waals surface area contributed by atoms with Gasteiger partial charge in [0.25, 0.3) is 11.6 Å². The van der Waals surface area contributed by atoms with Gasteiger partial charge in [-0.25, -0.2) is 0 Å². The summed E-state index contributed by atoms with van der Waals surface area (Å²) in [4.78, 5) is 23.5. The maximum Gasteiger partial charge on any atom is 0.282 e. The minimum atomic E-state index is -0.593. The molecule has 0 heterocycles. The summed E-state index contributed by atoms with van der Waals surface area (Å²) in [6, 6.07) is 13.7. The molecule has 0 unspecified atom stereocenters. The summed E-state index contributed by atoms with van der Waals surface area (Å²) in [6.07, 6.45) is 0. The molecule has 0 bridgehead atoms. The zero-order chi connectivity index (χ0) is 15.9. The molecule has 0 spiro atoms. The first kappa shape index (κ1) is 16.3. The lowest BCUT2D eigenvalue weighted by Crippen LogP contribution is -2.26. The van der Waals surface area contributed by atoms with Crippen molar-refractivity contribution in [2.24, 2.45) is 0 Å². The first-order chi connectivity index (χ1) is 10.6. The van der Waals surface area contributed by atoms with Crippen LogP contribution in [0.15, 0.2) is 53.4 Å². The Morgan fingerprint density at radius 2 is 1.95 bits per heavy atom. The number of thioether (sulfide) groups is 1. The lowest BCUT2D eigenvalue weighted by Gasteiger charge is -2.06. The standard InChI is InChI=1S/C15H13ClN2O3S/c16-11-6-7-14(18(20)21)13(10-11)15(19)17-8-9-22-12-4-2-1-3-5-12/h1-7,10H,8-9H2,(H,17,19). The second-order valence-corrected chi connectivity index (χ2v) is 5.94. The third kappa shape index (κ3) is 4.47. The number of halogens is 1. The van der Waals surface area contributed by atoms with Crippen LogP contribution in [-0.2, 0) is 0 Å². The number of carbonyl (C=O) groups excluding carboxylic acids is 1. The molecule has 0 fully saturated rings. The van der Waals surface area contributed by atoms with Gasteiger partial charge in [-0.2, -0.15) is 0 Å². The number of nitrogens with zero attached hydrogens (tertiary/aromatic N) is 1. The van der Waals surface area contributed by atoms with Crippen LogP contribution in [0.3, 0.4) is 0 Å². The Balaban J connectivity index is 1.92. The minimum absolute atomic E-state index is 0.0257. The number of rotatable bonds is 6. The summed E-state index contributed by atoms with van der Waals surface area (Å²) in [7, 11) is 0. The number of hydrogen-bond donors (Lipinski definition) is 1. The van der Waals surface area contributed by atoms with E-state index in [4.69, 9.17) is 11.6 Å². The smallest absolute Gasteiger partial charge is 0.282 e. The molecule has 5 nitrogen and oxygen atoms in total. The minimum Gasteiger partial charge on any atom is -0.351 e. The summed E-state index contributed by atoms with van der Waals surface area (Å²) >= 11 is 7.40. The van der Waals surface area contributed by atoms with E-state index in [2.05, 4.69) is 5.32 Å². The lowest BCUT2D eigenvalue weighted by molar-refractivity contribution is -0.385. The van der Waals surface area contributed by atoms with E-state index in [-0.39, 0.29) is 16.3 Å². The molecule has 0 saturated heterocycles. The molecule has 114 valence electrons. The predicted molar refractivity (Wildman–Crippen MR) is 87.6 cm³/mol. The monoisotopic (exact) mass is 336 g/mol. The maximum absolute atomic E-state index is 12.1. The summed E-state index contributed by atoms with van der Waals surface area (Å²) in [5, 5.41) is 13.9. The quantitative estimate of drug-likeness (QED) is 0.377. The summed E-state index contributed by atoms with van der Waals surface area (Å²) in [5.41, 5.74) is -0.278.